The summed E-state index contributed by atoms with van der Waals surface area (Å²) in [4.78, 5) is 18.6. The molecule has 0 radical (unpaired) electrons. The van der Waals surface area contributed by atoms with Gasteiger partial charge in [0.05, 0.1) is 5.25 Å². The van der Waals surface area contributed by atoms with Gasteiger partial charge in [-0.2, -0.15) is 0 Å². The molecular weight excluding hydrogens is 402 g/mol. The number of para-hydroxylation sites is 1. The number of benzene rings is 1. The van der Waals surface area contributed by atoms with Crippen molar-refractivity contribution in [2.45, 2.75) is 30.3 Å². The molecule has 1 fully saturated rings. The summed E-state index contributed by atoms with van der Waals surface area (Å²) in [6.45, 7) is 6.03. The number of thiophene rings is 1. The van der Waals surface area contributed by atoms with Crippen LogP contribution in [0.15, 0.2) is 59.3 Å². The first-order valence-electron chi connectivity index (χ1n) is 9.86. The van der Waals surface area contributed by atoms with Crippen LogP contribution in [0, 0.1) is 0 Å². The Balaban J connectivity index is 1.30. The van der Waals surface area contributed by atoms with Gasteiger partial charge >= 0.3 is 0 Å². The molecule has 1 unspecified atom stereocenters. The number of piperazine rings is 1. The van der Waals surface area contributed by atoms with E-state index in [2.05, 4.69) is 56.9 Å². The average Bonchev–Trinajstić information content (AvgIpc) is 3.44. The van der Waals surface area contributed by atoms with Crippen LogP contribution in [0.5, 0.6) is 0 Å². The number of aryl methyl sites for hydroxylation is 2. The molecule has 0 N–H and O–H groups in total. The lowest BCUT2D eigenvalue weighted by atomic mass is 10.2. The van der Waals surface area contributed by atoms with Crippen LogP contribution in [-0.2, 0) is 17.8 Å². The largest absolute Gasteiger partial charge is 0.368 e. The van der Waals surface area contributed by atoms with E-state index in [1.165, 1.54) is 22.3 Å². The number of hydrogen-bond donors (Lipinski definition) is 0. The second kappa shape index (κ2) is 9.45. The van der Waals surface area contributed by atoms with Gasteiger partial charge in [-0.3, -0.25) is 4.79 Å². The molecule has 0 saturated carbocycles. The Morgan fingerprint density at radius 3 is 2.66 bits per heavy atom. The molecule has 1 aliphatic heterocycles. The van der Waals surface area contributed by atoms with Crippen molar-refractivity contribution in [1.29, 1.82) is 0 Å². The minimum absolute atomic E-state index is 0.176. The molecule has 0 bridgehead atoms. The van der Waals surface area contributed by atoms with Gasteiger partial charge in [-0.1, -0.05) is 36.0 Å². The van der Waals surface area contributed by atoms with Gasteiger partial charge in [0, 0.05) is 43.3 Å². The molecule has 2 aromatic heterocycles. The average molecular weight is 428 g/mol. The van der Waals surface area contributed by atoms with Gasteiger partial charge in [0.25, 0.3) is 0 Å². The Morgan fingerprint density at radius 1 is 1.14 bits per heavy atom. The van der Waals surface area contributed by atoms with Crippen LogP contribution in [0.4, 0.5) is 5.69 Å². The lowest BCUT2D eigenvalue weighted by Crippen LogP contribution is -2.50. The van der Waals surface area contributed by atoms with Crippen LogP contribution in [0.3, 0.4) is 0 Å². The SMILES string of the molecule is CC(Sc1nncn1CCc1cccs1)C(=O)N1CCN(c2ccccc2)CC1. The molecule has 6 nitrogen and oxygen atoms in total. The van der Waals surface area contributed by atoms with E-state index in [4.69, 9.17) is 0 Å². The third-order valence-corrected chi connectivity index (χ3v) is 7.12. The number of hydrogen-bond acceptors (Lipinski definition) is 6. The summed E-state index contributed by atoms with van der Waals surface area (Å²) in [6.07, 6.45) is 2.71. The molecule has 29 heavy (non-hydrogen) atoms. The number of rotatable bonds is 7. The van der Waals surface area contributed by atoms with Crippen molar-refractivity contribution in [3.63, 3.8) is 0 Å². The first-order chi connectivity index (χ1) is 14.2. The van der Waals surface area contributed by atoms with Crippen LogP contribution in [-0.4, -0.2) is 57.0 Å². The maximum Gasteiger partial charge on any atom is 0.236 e. The first kappa shape index (κ1) is 20.0. The van der Waals surface area contributed by atoms with Crippen LogP contribution in [0.2, 0.25) is 0 Å². The quantitative estimate of drug-likeness (QED) is 0.541. The van der Waals surface area contributed by atoms with Crippen LogP contribution >= 0.6 is 23.1 Å². The molecule has 1 aliphatic rings. The molecule has 4 rings (SSSR count). The molecule has 1 aromatic carbocycles. The first-order valence-corrected chi connectivity index (χ1v) is 11.6. The standard InChI is InChI=1S/C21H25N5OS2/c1-17(29-21-23-22-16-26(21)10-9-19-8-5-15-28-19)20(27)25-13-11-24(12-14-25)18-6-3-2-4-7-18/h2-8,15-17H,9-14H2,1H3. The zero-order valence-corrected chi connectivity index (χ0v) is 18.1. The number of aromatic nitrogens is 3. The van der Waals surface area contributed by atoms with Crippen molar-refractivity contribution in [3.05, 3.63) is 59.0 Å². The van der Waals surface area contributed by atoms with Crippen molar-refractivity contribution >= 4 is 34.7 Å². The highest BCUT2D eigenvalue weighted by Gasteiger charge is 2.26. The Bertz CT molecular complexity index is 904. The minimum Gasteiger partial charge on any atom is -0.368 e. The van der Waals surface area contributed by atoms with E-state index in [9.17, 15) is 4.79 Å². The van der Waals surface area contributed by atoms with Gasteiger partial charge < -0.3 is 14.4 Å². The molecule has 8 heteroatoms. The topological polar surface area (TPSA) is 54.3 Å². The molecule has 0 aliphatic carbocycles. The number of carbonyl (C=O) groups excluding carboxylic acids is 1. The van der Waals surface area contributed by atoms with Gasteiger partial charge in [-0.05, 0) is 36.9 Å². The van der Waals surface area contributed by atoms with Crippen molar-refractivity contribution in [2.24, 2.45) is 0 Å². The second-order valence-electron chi connectivity index (χ2n) is 7.04. The van der Waals surface area contributed by atoms with Crippen molar-refractivity contribution in [3.8, 4) is 0 Å². The highest BCUT2D eigenvalue weighted by Crippen LogP contribution is 2.24. The molecule has 0 spiro atoms. The van der Waals surface area contributed by atoms with E-state index in [-0.39, 0.29) is 11.2 Å². The van der Waals surface area contributed by atoms with Gasteiger partial charge in [-0.25, -0.2) is 0 Å². The van der Waals surface area contributed by atoms with Gasteiger partial charge in [0.15, 0.2) is 5.16 Å². The van der Waals surface area contributed by atoms with E-state index < -0.39 is 0 Å². The molecule has 1 amide bonds. The molecular formula is C21H25N5OS2. The highest BCUT2D eigenvalue weighted by atomic mass is 32.2. The Hall–Kier alpha value is -2.32. The molecule has 152 valence electrons. The number of amides is 1. The normalized spacial score (nSPS) is 15.5. The van der Waals surface area contributed by atoms with E-state index in [1.807, 2.05) is 22.5 Å². The zero-order valence-electron chi connectivity index (χ0n) is 16.5. The monoisotopic (exact) mass is 427 g/mol. The van der Waals surface area contributed by atoms with Crippen molar-refractivity contribution in [2.75, 3.05) is 31.1 Å². The number of nitrogens with zero attached hydrogens (tertiary/aromatic N) is 5. The summed E-state index contributed by atoms with van der Waals surface area (Å²) in [7, 11) is 0. The molecule has 3 aromatic rings. The van der Waals surface area contributed by atoms with Crippen molar-refractivity contribution < 1.29 is 4.79 Å². The number of carbonyl (C=O) groups is 1. The fourth-order valence-corrected chi connectivity index (χ4v) is 5.10. The van der Waals surface area contributed by atoms with E-state index in [0.717, 1.165) is 44.3 Å². The zero-order chi connectivity index (χ0) is 20.1. The molecule has 3 heterocycles. The van der Waals surface area contributed by atoms with Gasteiger partial charge in [0.1, 0.15) is 6.33 Å². The fourth-order valence-electron chi connectivity index (χ4n) is 3.46. The second-order valence-corrected chi connectivity index (χ2v) is 9.38. The third kappa shape index (κ3) is 5.00. The smallest absolute Gasteiger partial charge is 0.236 e. The van der Waals surface area contributed by atoms with E-state index >= 15 is 0 Å². The van der Waals surface area contributed by atoms with E-state index in [0.29, 0.717) is 0 Å². The van der Waals surface area contributed by atoms with Crippen LogP contribution < -0.4 is 4.90 Å². The van der Waals surface area contributed by atoms with Crippen LogP contribution in [0.25, 0.3) is 0 Å². The fraction of sp³-hybridized carbons (Fsp3) is 0.381. The maximum atomic E-state index is 13.0. The van der Waals surface area contributed by atoms with Gasteiger partial charge in [0.2, 0.25) is 5.91 Å². The minimum atomic E-state index is -0.178. The van der Waals surface area contributed by atoms with Crippen molar-refractivity contribution in [1.82, 2.24) is 19.7 Å². The summed E-state index contributed by atoms with van der Waals surface area (Å²) in [5.74, 6) is 0.176. The Labute approximate surface area is 179 Å². The predicted molar refractivity (Wildman–Crippen MR) is 119 cm³/mol. The number of anilines is 1. The van der Waals surface area contributed by atoms with E-state index in [1.54, 1.807) is 17.7 Å². The summed E-state index contributed by atoms with van der Waals surface area (Å²) in [6, 6.07) is 14.6. The Kier molecular flexibility index (Phi) is 6.51. The lowest BCUT2D eigenvalue weighted by Gasteiger charge is -2.37. The molecule has 1 atom stereocenters. The third-order valence-electron chi connectivity index (χ3n) is 5.10. The van der Waals surface area contributed by atoms with Crippen LogP contribution in [0.1, 0.15) is 11.8 Å². The summed E-state index contributed by atoms with van der Waals surface area (Å²) in [5, 5.41) is 11.0. The summed E-state index contributed by atoms with van der Waals surface area (Å²) < 4.78 is 2.04. The predicted octanol–water partition coefficient (Wildman–Crippen LogP) is 3.41. The Morgan fingerprint density at radius 2 is 1.93 bits per heavy atom. The maximum absolute atomic E-state index is 13.0. The summed E-state index contributed by atoms with van der Waals surface area (Å²) >= 11 is 3.26. The summed E-state index contributed by atoms with van der Waals surface area (Å²) in [5.41, 5.74) is 1.22. The van der Waals surface area contributed by atoms with Gasteiger partial charge in [-0.15, -0.1) is 21.5 Å². The highest BCUT2D eigenvalue weighted by molar-refractivity contribution is 8.00. The molecule has 1 saturated heterocycles. The number of thioether (sulfide) groups is 1. The lowest BCUT2D eigenvalue weighted by molar-refractivity contribution is -0.130.